The first-order valence-electron chi connectivity index (χ1n) is 5.24. The Morgan fingerprint density at radius 3 is 2.43 bits per heavy atom. The van der Waals surface area contributed by atoms with Gasteiger partial charge in [-0.1, -0.05) is 11.8 Å². The monoisotopic (exact) mass is 196 g/mol. The van der Waals surface area contributed by atoms with Crippen molar-refractivity contribution in [1.82, 2.24) is 0 Å². The Balaban J connectivity index is 2.71. The van der Waals surface area contributed by atoms with E-state index in [-0.39, 0.29) is 11.2 Å². The molecule has 14 heavy (non-hydrogen) atoms. The van der Waals surface area contributed by atoms with Crippen molar-refractivity contribution in [2.75, 3.05) is 0 Å². The smallest absolute Gasteiger partial charge is 0.126 e. The highest BCUT2D eigenvalue weighted by Crippen LogP contribution is 2.34. The number of aliphatic hydroxyl groups is 1. The van der Waals surface area contributed by atoms with Crippen molar-refractivity contribution in [2.45, 2.75) is 64.3 Å². The van der Waals surface area contributed by atoms with Gasteiger partial charge in [-0.2, -0.15) is 0 Å². The number of rotatable bonds is 0. The highest BCUT2D eigenvalue weighted by atomic mass is 16.5. The molecule has 0 spiro atoms. The molecule has 80 valence electrons. The first-order valence-corrected chi connectivity index (χ1v) is 5.24. The molecule has 1 saturated heterocycles. The van der Waals surface area contributed by atoms with E-state index < -0.39 is 6.10 Å². The lowest BCUT2D eigenvalue weighted by Gasteiger charge is -2.40. The number of hydrogen-bond donors (Lipinski definition) is 1. The van der Waals surface area contributed by atoms with Crippen molar-refractivity contribution >= 4 is 0 Å². The zero-order valence-electron chi connectivity index (χ0n) is 9.55. The molecule has 2 nitrogen and oxygen atoms in total. The molecule has 1 aliphatic rings. The fourth-order valence-corrected chi connectivity index (χ4v) is 1.91. The second-order valence-corrected chi connectivity index (χ2v) is 4.89. The summed E-state index contributed by atoms with van der Waals surface area (Å²) in [5, 5.41) is 9.10. The van der Waals surface area contributed by atoms with Gasteiger partial charge in [0.15, 0.2) is 0 Å². The minimum atomic E-state index is -0.569. The van der Waals surface area contributed by atoms with Crippen LogP contribution in [0, 0.1) is 11.8 Å². The van der Waals surface area contributed by atoms with Crippen molar-refractivity contribution in [2.24, 2.45) is 0 Å². The van der Waals surface area contributed by atoms with Crippen LogP contribution in [0.25, 0.3) is 0 Å². The van der Waals surface area contributed by atoms with Gasteiger partial charge in [0.2, 0.25) is 0 Å². The quantitative estimate of drug-likeness (QED) is 0.601. The average Bonchev–Trinajstić information content (AvgIpc) is 1.98. The summed E-state index contributed by atoms with van der Waals surface area (Å²) in [6.45, 7) is 7.86. The Morgan fingerprint density at radius 1 is 1.29 bits per heavy atom. The van der Waals surface area contributed by atoms with E-state index in [1.807, 2.05) is 6.92 Å². The van der Waals surface area contributed by atoms with Crippen LogP contribution < -0.4 is 0 Å². The van der Waals surface area contributed by atoms with Crippen LogP contribution >= 0.6 is 0 Å². The van der Waals surface area contributed by atoms with Crippen LogP contribution in [0.4, 0.5) is 0 Å². The number of ether oxygens (including phenoxy) is 1. The molecule has 0 unspecified atom stereocenters. The zero-order chi connectivity index (χ0) is 10.8. The lowest BCUT2D eigenvalue weighted by molar-refractivity contribution is -0.135. The first-order chi connectivity index (χ1) is 6.33. The molecule has 1 heterocycles. The van der Waals surface area contributed by atoms with E-state index in [2.05, 4.69) is 25.7 Å². The van der Waals surface area contributed by atoms with E-state index in [0.29, 0.717) is 0 Å². The SMILES string of the molecule is C[C@H](O)C#C[C@]1(C)CCCC(C)(C)O1. The summed E-state index contributed by atoms with van der Waals surface area (Å²) in [4.78, 5) is 0. The summed E-state index contributed by atoms with van der Waals surface area (Å²) in [5.74, 6) is 5.80. The number of hydrogen-bond acceptors (Lipinski definition) is 2. The van der Waals surface area contributed by atoms with Crippen LogP contribution in [0.3, 0.4) is 0 Å². The van der Waals surface area contributed by atoms with Crippen molar-refractivity contribution in [1.29, 1.82) is 0 Å². The fraction of sp³-hybridized carbons (Fsp3) is 0.833. The van der Waals surface area contributed by atoms with E-state index in [4.69, 9.17) is 9.84 Å². The maximum absolute atomic E-state index is 9.10. The molecule has 0 bridgehead atoms. The molecular weight excluding hydrogens is 176 g/mol. The second kappa shape index (κ2) is 3.92. The number of aliphatic hydroxyl groups excluding tert-OH is 1. The molecule has 0 aromatic carbocycles. The van der Waals surface area contributed by atoms with Gasteiger partial charge in [0.05, 0.1) is 5.60 Å². The molecule has 0 saturated carbocycles. The lowest BCUT2D eigenvalue weighted by Crippen LogP contribution is -2.42. The molecule has 2 atom stereocenters. The summed E-state index contributed by atoms with van der Waals surface area (Å²) in [7, 11) is 0. The van der Waals surface area contributed by atoms with Crippen LogP contribution in [-0.2, 0) is 4.74 Å². The Kier molecular flexibility index (Phi) is 3.24. The summed E-state index contributed by atoms with van der Waals surface area (Å²) < 4.78 is 5.93. The molecule has 0 amide bonds. The predicted molar refractivity (Wildman–Crippen MR) is 56.9 cm³/mol. The van der Waals surface area contributed by atoms with E-state index in [0.717, 1.165) is 19.3 Å². The van der Waals surface area contributed by atoms with Crippen LogP contribution in [0.15, 0.2) is 0 Å². The Labute approximate surface area is 86.7 Å². The molecule has 1 fully saturated rings. The van der Waals surface area contributed by atoms with Crippen molar-refractivity contribution in [3.63, 3.8) is 0 Å². The molecule has 1 N–H and O–H groups in total. The van der Waals surface area contributed by atoms with Gasteiger partial charge < -0.3 is 9.84 Å². The first kappa shape index (κ1) is 11.6. The molecule has 0 aromatic heterocycles. The molecule has 0 radical (unpaired) electrons. The molecule has 1 aliphatic heterocycles. The molecule has 0 aromatic rings. The molecule has 0 aliphatic carbocycles. The van der Waals surface area contributed by atoms with Gasteiger partial charge in [-0.25, -0.2) is 0 Å². The van der Waals surface area contributed by atoms with Crippen LogP contribution in [0.2, 0.25) is 0 Å². The van der Waals surface area contributed by atoms with Crippen molar-refractivity contribution < 1.29 is 9.84 Å². The van der Waals surface area contributed by atoms with Gasteiger partial charge >= 0.3 is 0 Å². The largest absolute Gasteiger partial charge is 0.381 e. The van der Waals surface area contributed by atoms with Gasteiger partial charge in [0, 0.05) is 0 Å². The van der Waals surface area contributed by atoms with Crippen LogP contribution in [-0.4, -0.2) is 22.4 Å². The molecule has 2 heteroatoms. The minimum absolute atomic E-state index is 0.0830. The van der Waals surface area contributed by atoms with Gasteiger partial charge in [0.1, 0.15) is 11.7 Å². The van der Waals surface area contributed by atoms with Crippen LogP contribution in [0.5, 0.6) is 0 Å². The summed E-state index contributed by atoms with van der Waals surface area (Å²) in [6, 6.07) is 0. The van der Waals surface area contributed by atoms with E-state index >= 15 is 0 Å². The highest BCUT2D eigenvalue weighted by molar-refractivity contribution is 5.16. The third kappa shape index (κ3) is 3.32. The van der Waals surface area contributed by atoms with Crippen LogP contribution in [0.1, 0.15) is 47.0 Å². The van der Waals surface area contributed by atoms with Gasteiger partial charge in [-0.3, -0.25) is 0 Å². The third-order valence-corrected chi connectivity index (χ3v) is 2.48. The zero-order valence-corrected chi connectivity index (χ0v) is 9.55. The maximum atomic E-state index is 9.10. The second-order valence-electron chi connectivity index (χ2n) is 4.89. The predicted octanol–water partition coefficient (Wildman–Crippen LogP) is 2.11. The average molecular weight is 196 g/mol. The summed E-state index contributed by atoms with van der Waals surface area (Å²) in [5.41, 5.74) is -0.459. The van der Waals surface area contributed by atoms with Gasteiger partial charge in [-0.05, 0) is 47.0 Å². The Bertz CT molecular complexity index is 257. The van der Waals surface area contributed by atoms with Crippen molar-refractivity contribution in [3.05, 3.63) is 0 Å². The minimum Gasteiger partial charge on any atom is -0.381 e. The maximum Gasteiger partial charge on any atom is 0.126 e. The fourth-order valence-electron chi connectivity index (χ4n) is 1.91. The Morgan fingerprint density at radius 2 is 1.93 bits per heavy atom. The lowest BCUT2D eigenvalue weighted by atomic mass is 9.88. The topological polar surface area (TPSA) is 29.5 Å². The Hall–Kier alpha value is -0.520. The molecular formula is C12H20O2. The highest BCUT2D eigenvalue weighted by Gasteiger charge is 2.35. The summed E-state index contributed by atoms with van der Waals surface area (Å²) in [6.07, 6.45) is 2.60. The van der Waals surface area contributed by atoms with E-state index in [1.54, 1.807) is 6.92 Å². The summed E-state index contributed by atoms with van der Waals surface area (Å²) >= 11 is 0. The van der Waals surface area contributed by atoms with E-state index in [1.165, 1.54) is 0 Å². The van der Waals surface area contributed by atoms with Gasteiger partial charge in [-0.15, -0.1) is 0 Å². The van der Waals surface area contributed by atoms with Gasteiger partial charge in [0.25, 0.3) is 0 Å². The van der Waals surface area contributed by atoms with Crippen molar-refractivity contribution in [3.8, 4) is 11.8 Å². The molecule has 1 rings (SSSR count). The standard InChI is InChI=1S/C12H20O2/c1-10(13)6-9-12(4)8-5-7-11(2,3)14-12/h10,13H,5,7-8H2,1-4H3/t10-,12-/m0/s1. The third-order valence-electron chi connectivity index (χ3n) is 2.48. The van der Waals surface area contributed by atoms with E-state index in [9.17, 15) is 0 Å². The normalized spacial score (nSPS) is 32.9.